The molecular weight excluding hydrogens is 1800 g/mol. The third kappa shape index (κ3) is 32.1. The molecule has 39 heteroatoms. The van der Waals surface area contributed by atoms with Crippen molar-refractivity contribution in [2.24, 2.45) is 70.0 Å². The molecule has 4 fully saturated rings. The molecule has 0 aromatic carbocycles. The van der Waals surface area contributed by atoms with E-state index in [1.165, 1.54) is 77.9 Å². The number of hydrogen-bond acceptors (Lipinski definition) is 28. The molecule has 5 aliphatic rings. The van der Waals surface area contributed by atoms with Gasteiger partial charge < -0.3 is 104 Å². The normalized spacial score (nSPS) is 28.3. The quantitative estimate of drug-likeness (QED) is 0.0135. The van der Waals surface area contributed by atoms with Gasteiger partial charge in [-0.3, -0.25) is 81.5 Å². The molecule has 0 bridgehead atoms. The van der Waals surface area contributed by atoms with Crippen LogP contribution in [-0.2, 0) is 119 Å². The highest BCUT2D eigenvalue weighted by Crippen LogP contribution is 2.67. The van der Waals surface area contributed by atoms with Crippen molar-refractivity contribution >= 4 is 107 Å². The molecule has 1 heterocycles. The van der Waals surface area contributed by atoms with Crippen LogP contribution in [0.25, 0.3) is 0 Å². The fourth-order valence-corrected chi connectivity index (χ4v) is 19.8. The molecule has 0 radical (unpaired) electrons. The van der Waals surface area contributed by atoms with Crippen molar-refractivity contribution in [3.8, 4) is 0 Å². The van der Waals surface area contributed by atoms with Crippen LogP contribution in [0.4, 0.5) is 4.79 Å². The van der Waals surface area contributed by atoms with Crippen LogP contribution in [-0.4, -0.2) is 338 Å². The van der Waals surface area contributed by atoms with E-state index in [2.05, 4.69) is 21.3 Å². The molecule has 12 unspecified atom stereocenters. The summed E-state index contributed by atoms with van der Waals surface area (Å²) in [5, 5.41) is 34.7. The summed E-state index contributed by atoms with van der Waals surface area (Å²) >= 11 is 0. The molecule has 139 heavy (non-hydrogen) atoms. The molecule has 4 aliphatic carbocycles. The van der Waals surface area contributed by atoms with E-state index in [-0.39, 0.29) is 145 Å². The number of nitrogens with one attached hydrogen (secondary N) is 4. The Morgan fingerprint density at radius 3 is 1.53 bits per heavy atom. The molecule has 20 atom stereocenters. The maximum atomic E-state index is 15.9. The summed E-state index contributed by atoms with van der Waals surface area (Å²) in [6.07, 6.45) is 3.09. The van der Waals surface area contributed by atoms with Crippen LogP contribution in [0.15, 0.2) is 36.0 Å². The zero-order valence-corrected chi connectivity index (χ0v) is 87.1. The van der Waals surface area contributed by atoms with E-state index in [4.69, 9.17) is 37.9 Å². The van der Waals surface area contributed by atoms with Crippen LogP contribution in [0.1, 0.15) is 235 Å². The molecule has 784 valence electrons. The Bertz CT molecular complexity index is 4400. The highest BCUT2D eigenvalue weighted by Gasteiger charge is 2.68. The molecule has 0 spiro atoms. The minimum atomic E-state index is -1.93. The number of aliphatic hydroxyl groups excluding tert-OH is 1. The number of hydrogen-bond donors (Lipinski definition) is 6. The smallest absolute Gasteiger partial charge is 0.463 e. The number of aliphatic hydroxyl groups is 2. The standard InChI is InChI=1S/C100H161N11O28/c1-28-30-31-62(15)86(139-97(130)138-65(18)137-81(119)37-36-79(117)135-47-45-133-43-42-132-44-46-134-78(116)34-35-80(118)136-55-76(114)100(131)41-39-69-68-33-32-66-52-67(112)38-40-98(66,19)82(68)75(113)53-99(69,100)20)85-90(123)103-70(29-2)92(125)105(21)54-77(115)106(22)71(48-56(3)4)89(122)104-83(60(11)12)95(128)107(23)72(49-57(5)6)88(121)101-63(16)87(120)102-64(17)91(124)108(24)73(50-58(7)8)93(126)109(25)74(51-59(9)10)94(127)110(26)84(61(13)14)96(129)111(85)27/h28,30,38,40,52,56-65,68-75,82-86,113,131H,29,31-37,39,41-51,53-55H2,1-27H3,(H,101,121)(H,102,120)(H,103,123)(H,104,122)/b30-28+/t62-,63?,64?,65?,68?,69+,70?,71+,72?,73?,74?,75-,82?,83?,84?,85?,86-,98-,99+,100-/m1/s1. The number of fused-ring (bicyclic) bond motifs is 5. The molecule has 0 aromatic rings. The third-order valence-corrected chi connectivity index (χ3v) is 27.7. The predicted octanol–water partition coefficient (Wildman–Crippen LogP) is 6.12. The average molecular weight is 1970 g/mol. The molecule has 0 aromatic heterocycles. The first-order valence-electron chi connectivity index (χ1n) is 49.1. The zero-order valence-electron chi connectivity index (χ0n) is 87.1. The predicted molar refractivity (Wildman–Crippen MR) is 510 cm³/mol. The Hall–Kier alpha value is -10.3. The first kappa shape index (κ1) is 119. The Kier molecular flexibility index (Phi) is 46.4. The van der Waals surface area contributed by atoms with Gasteiger partial charge in [0.05, 0.1) is 64.8 Å². The number of allylic oxidation sites excluding steroid dienone is 6. The zero-order chi connectivity index (χ0) is 105. The van der Waals surface area contributed by atoms with Crippen molar-refractivity contribution in [1.29, 1.82) is 0 Å². The second kappa shape index (κ2) is 54.1. The fourth-order valence-electron chi connectivity index (χ4n) is 19.8. The minimum Gasteiger partial charge on any atom is -0.463 e. The van der Waals surface area contributed by atoms with Crippen molar-refractivity contribution in [3.63, 3.8) is 0 Å². The van der Waals surface area contributed by atoms with E-state index in [1.54, 1.807) is 72.8 Å². The molecule has 39 nitrogen and oxygen atoms in total. The van der Waals surface area contributed by atoms with Crippen molar-refractivity contribution in [2.75, 3.05) is 102 Å². The lowest BCUT2D eigenvalue weighted by atomic mass is 9.46. The van der Waals surface area contributed by atoms with Gasteiger partial charge in [-0.1, -0.05) is 135 Å². The number of nitrogens with zero attached hydrogens (tertiary/aromatic N) is 7. The van der Waals surface area contributed by atoms with Crippen LogP contribution in [0.3, 0.4) is 0 Å². The number of Topliss-reactive ketones (excluding diaryl/α,β-unsaturated/α-hetero) is 1. The lowest BCUT2D eigenvalue weighted by Gasteiger charge is -2.59. The Labute approximate surface area is 820 Å². The number of esters is 4. The third-order valence-electron chi connectivity index (χ3n) is 27.7. The van der Waals surface area contributed by atoms with Crippen LogP contribution in [0.5, 0.6) is 0 Å². The van der Waals surface area contributed by atoms with Crippen molar-refractivity contribution < 1.29 is 134 Å². The van der Waals surface area contributed by atoms with E-state index < -0.39 is 246 Å². The summed E-state index contributed by atoms with van der Waals surface area (Å²) in [5.74, 6) is -16.4. The average Bonchev–Trinajstić information content (AvgIpc) is 1.55. The Morgan fingerprint density at radius 1 is 0.518 bits per heavy atom. The van der Waals surface area contributed by atoms with Gasteiger partial charge in [0.1, 0.15) is 85.3 Å². The minimum absolute atomic E-state index is 0.0203. The van der Waals surface area contributed by atoms with Gasteiger partial charge in [-0.05, 0) is 157 Å². The summed E-state index contributed by atoms with van der Waals surface area (Å²) < 4.78 is 43.5. The van der Waals surface area contributed by atoms with E-state index >= 15 is 19.2 Å². The van der Waals surface area contributed by atoms with Crippen molar-refractivity contribution in [2.45, 2.75) is 319 Å². The highest BCUT2D eigenvalue weighted by molar-refractivity contribution is 6.02. The van der Waals surface area contributed by atoms with Gasteiger partial charge in [-0.25, -0.2) is 4.79 Å². The van der Waals surface area contributed by atoms with Gasteiger partial charge in [-0.15, -0.1) is 0 Å². The molecule has 1 saturated heterocycles. The monoisotopic (exact) mass is 1960 g/mol. The summed E-state index contributed by atoms with van der Waals surface area (Å²) in [7, 11) is 9.43. The molecule has 11 amide bonds. The molecular formula is C100H161N11O28. The number of rotatable bonds is 36. The maximum Gasteiger partial charge on any atom is 0.511 e. The van der Waals surface area contributed by atoms with E-state index in [9.17, 15) is 77.3 Å². The SMILES string of the molecule is C/C=C/C[C@@H](C)[C@@H](OC(=O)OC(C)OC(=O)CCC(=O)OCCOCCOCCOC(=O)CCC(=O)OCC(=O)[C@]1(O)CC[C@H]2C3CCC4=CC(=O)C=C[C@@]4(C)C3[C@H](O)C[C@@]21C)C1C(=O)NC(CC)C(=O)N(C)CC(=O)N(C)[C@@H](CC(C)C)C(=O)NC(C(C)C)C(=O)N(C)C(CC(C)C)C(=O)NC(C)C(=O)NC(C)C(=O)N(C)C(CC(C)C)C(=O)N(C)C(CC(C)C)C(=O)N(C)C(C(C)C)C(=O)N1C. The first-order chi connectivity index (χ1) is 64.9. The number of ether oxygens (including phenoxy) is 8. The number of likely N-dealkylation sites (N-methyl/N-ethyl adjacent to an activating group) is 7. The summed E-state index contributed by atoms with van der Waals surface area (Å²) in [6.45, 7) is 32.0. The first-order valence-corrected chi connectivity index (χ1v) is 49.1. The maximum absolute atomic E-state index is 15.9. The summed E-state index contributed by atoms with van der Waals surface area (Å²) in [5.41, 5.74) is -2.41. The molecule has 5 rings (SSSR count). The van der Waals surface area contributed by atoms with Crippen molar-refractivity contribution in [1.82, 2.24) is 55.6 Å². The number of carbonyl (C=O) groups excluding carboxylic acids is 18. The lowest BCUT2D eigenvalue weighted by Crippen LogP contribution is -2.64. The van der Waals surface area contributed by atoms with E-state index in [1.807, 2.05) is 75.3 Å². The van der Waals surface area contributed by atoms with Crippen LogP contribution in [0, 0.1) is 70.0 Å². The van der Waals surface area contributed by atoms with Gasteiger partial charge in [-0.2, -0.15) is 0 Å². The lowest BCUT2D eigenvalue weighted by molar-refractivity contribution is -0.181. The molecule has 1 aliphatic heterocycles. The Morgan fingerprint density at radius 2 is 1.00 bits per heavy atom. The topological polar surface area (TPSA) is 492 Å². The van der Waals surface area contributed by atoms with E-state index in [0.29, 0.717) is 19.3 Å². The van der Waals surface area contributed by atoms with Gasteiger partial charge in [0, 0.05) is 73.0 Å². The van der Waals surface area contributed by atoms with Crippen LogP contribution < -0.4 is 21.3 Å². The number of ketones is 2. The van der Waals surface area contributed by atoms with Gasteiger partial charge in [0.25, 0.3) is 0 Å². The second-order valence-electron chi connectivity index (χ2n) is 41.0. The molecule has 6 N–H and O–H groups in total. The van der Waals surface area contributed by atoms with Gasteiger partial charge in [0.2, 0.25) is 77.1 Å². The fraction of sp³-hybridized carbons (Fsp3) is 0.760. The highest BCUT2D eigenvalue weighted by atomic mass is 16.8. The number of carbonyl (C=O) groups is 18. The summed E-state index contributed by atoms with van der Waals surface area (Å²) in [4.78, 5) is 264. The summed E-state index contributed by atoms with van der Waals surface area (Å²) in [6, 6.07) is -13.8. The Balaban J connectivity index is 1.29. The largest absolute Gasteiger partial charge is 0.511 e. The van der Waals surface area contributed by atoms with Crippen LogP contribution in [0.2, 0.25) is 0 Å². The van der Waals surface area contributed by atoms with Crippen LogP contribution >= 0.6 is 0 Å². The molecule has 3 saturated carbocycles. The van der Waals surface area contributed by atoms with Gasteiger partial charge in [0.15, 0.2) is 12.4 Å². The van der Waals surface area contributed by atoms with Gasteiger partial charge >= 0.3 is 30.0 Å². The number of amides is 11. The second-order valence-corrected chi connectivity index (χ2v) is 41.0. The van der Waals surface area contributed by atoms with Crippen molar-refractivity contribution in [3.05, 3.63) is 36.0 Å². The van der Waals surface area contributed by atoms with E-state index in [0.717, 1.165) is 32.1 Å².